The average molecular weight is 205 g/mol. The lowest BCUT2D eigenvalue weighted by Gasteiger charge is -1.90. The van der Waals surface area contributed by atoms with Crippen molar-refractivity contribution in [2.75, 3.05) is 5.73 Å². The van der Waals surface area contributed by atoms with E-state index in [9.17, 15) is 4.39 Å². The first-order valence-electron chi connectivity index (χ1n) is 4.21. The minimum atomic E-state index is -0.283. The molecule has 0 spiro atoms. The van der Waals surface area contributed by atoms with Gasteiger partial charge < -0.3 is 5.73 Å². The van der Waals surface area contributed by atoms with Gasteiger partial charge in [-0.2, -0.15) is 4.98 Å². The topological polar surface area (TPSA) is 79.9 Å². The number of halogens is 1. The number of nitrogens with zero attached hydrogens (tertiary/aromatic N) is 3. The fraction of sp³-hybridized carbons (Fsp3) is 0. The van der Waals surface area contributed by atoms with E-state index in [1.807, 2.05) is 0 Å². The Morgan fingerprint density at radius 3 is 2.67 bits per heavy atom. The number of benzene rings is 1. The highest BCUT2D eigenvalue weighted by Crippen LogP contribution is 2.05. The second-order valence-corrected chi connectivity index (χ2v) is 2.83. The molecule has 6 heteroatoms. The molecular formula is C9H8FN5. The van der Waals surface area contributed by atoms with Crippen LogP contribution in [0.3, 0.4) is 0 Å². The van der Waals surface area contributed by atoms with Crippen molar-refractivity contribution in [3.05, 3.63) is 35.6 Å². The van der Waals surface area contributed by atoms with Crippen LogP contribution in [0.4, 0.5) is 16.3 Å². The van der Waals surface area contributed by atoms with E-state index in [0.29, 0.717) is 0 Å². The number of hydrogen-bond acceptors (Lipinski definition) is 4. The number of anilines is 1. The van der Waals surface area contributed by atoms with Crippen molar-refractivity contribution >= 4 is 18.1 Å². The van der Waals surface area contributed by atoms with Crippen LogP contribution in [-0.4, -0.2) is 21.4 Å². The van der Waals surface area contributed by atoms with Crippen LogP contribution >= 0.6 is 0 Å². The van der Waals surface area contributed by atoms with E-state index in [0.717, 1.165) is 5.56 Å². The summed E-state index contributed by atoms with van der Waals surface area (Å²) in [5, 5.41) is 6.17. The summed E-state index contributed by atoms with van der Waals surface area (Å²) in [6.45, 7) is 0. The molecule has 3 N–H and O–H groups in total. The molecule has 0 saturated heterocycles. The number of hydrogen-bond donors (Lipinski definition) is 2. The molecule has 2 aromatic rings. The number of nitrogens with one attached hydrogen (secondary N) is 1. The van der Waals surface area contributed by atoms with Crippen molar-refractivity contribution in [3.8, 4) is 0 Å². The quantitative estimate of drug-likeness (QED) is 0.724. The molecule has 1 heterocycles. The first-order valence-corrected chi connectivity index (χ1v) is 4.21. The summed E-state index contributed by atoms with van der Waals surface area (Å²) in [5.74, 6) is 0.173. The number of nitrogens with two attached hydrogens (primary N) is 1. The van der Waals surface area contributed by atoms with E-state index in [4.69, 9.17) is 5.73 Å². The van der Waals surface area contributed by atoms with Gasteiger partial charge in [0.15, 0.2) is 0 Å². The van der Waals surface area contributed by atoms with Crippen LogP contribution in [0, 0.1) is 5.82 Å². The van der Waals surface area contributed by atoms with Crippen molar-refractivity contribution in [2.45, 2.75) is 0 Å². The molecule has 0 aliphatic heterocycles. The Bertz CT molecular complexity index is 474. The minimum absolute atomic E-state index is 0.209. The van der Waals surface area contributed by atoms with Crippen molar-refractivity contribution < 1.29 is 4.39 Å². The van der Waals surface area contributed by atoms with Gasteiger partial charge in [0.1, 0.15) is 5.82 Å². The number of nitrogen functional groups attached to an aromatic ring is 1. The lowest BCUT2D eigenvalue weighted by Crippen LogP contribution is -1.84. The number of H-pyrrole nitrogens is 1. The fourth-order valence-electron chi connectivity index (χ4n) is 1.00. The molecule has 76 valence electrons. The van der Waals surface area contributed by atoms with E-state index >= 15 is 0 Å². The van der Waals surface area contributed by atoms with E-state index in [-0.39, 0.29) is 17.7 Å². The third-order valence-corrected chi connectivity index (χ3v) is 1.69. The maximum absolute atomic E-state index is 12.6. The highest BCUT2D eigenvalue weighted by atomic mass is 19.1. The lowest BCUT2D eigenvalue weighted by atomic mass is 10.2. The third-order valence-electron chi connectivity index (χ3n) is 1.69. The van der Waals surface area contributed by atoms with Crippen molar-refractivity contribution in [1.82, 2.24) is 15.2 Å². The zero-order valence-corrected chi connectivity index (χ0v) is 7.68. The summed E-state index contributed by atoms with van der Waals surface area (Å²) in [6, 6.07) is 5.92. The van der Waals surface area contributed by atoms with Gasteiger partial charge in [-0.1, -0.05) is 12.1 Å². The van der Waals surface area contributed by atoms with Gasteiger partial charge in [-0.15, -0.1) is 5.10 Å². The van der Waals surface area contributed by atoms with Gasteiger partial charge in [0, 0.05) is 6.21 Å². The maximum Gasteiger partial charge on any atom is 0.269 e. The second kappa shape index (κ2) is 3.87. The van der Waals surface area contributed by atoms with Crippen LogP contribution < -0.4 is 5.73 Å². The van der Waals surface area contributed by atoms with Crippen LogP contribution in [0.25, 0.3) is 0 Å². The average Bonchev–Trinajstić information content (AvgIpc) is 2.64. The Labute approximate surface area is 84.9 Å². The van der Waals surface area contributed by atoms with Gasteiger partial charge >= 0.3 is 0 Å². The fourth-order valence-corrected chi connectivity index (χ4v) is 1.00. The van der Waals surface area contributed by atoms with Crippen LogP contribution in [0.5, 0.6) is 0 Å². The summed E-state index contributed by atoms with van der Waals surface area (Å²) in [4.78, 5) is 7.73. The predicted molar refractivity (Wildman–Crippen MR) is 54.4 cm³/mol. The molecule has 1 aromatic heterocycles. The molecule has 1 aromatic carbocycles. The van der Waals surface area contributed by atoms with Gasteiger partial charge in [-0.05, 0) is 17.7 Å². The highest BCUT2D eigenvalue weighted by Gasteiger charge is 1.95. The lowest BCUT2D eigenvalue weighted by molar-refractivity contribution is 0.628. The van der Waals surface area contributed by atoms with Crippen LogP contribution in [0.15, 0.2) is 29.3 Å². The molecule has 5 nitrogen and oxygen atoms in total. The van der Waals surface area contributed by atoms with Gasteiger partial charge in [0.25, 0.3) is 5.95 Å². The zero-order chi connectivity index (χ0) is 10.7. The van der Waals surface area contributed by atoms with Gasteiger partial charge in [-0.25, -0.2) is 14.5 Å². The van der Waals surface area contributed by atoms with E-state index in [2.05, 4.69) is 20.2 Å². The Kier molecular flexibility index (Phi) is 2.40. The van der Waals surface area contributed by atoms with Crippen LogP contribution in [0.2, 0.25) is 0 Å². The van der Waals surface area contributed by atoms with Gasteiger partial charge in [0.05, 0.1) is 0 Å². The highest BCUT2D eigenvalue weighted by molar-refractivity contribution is 5.81. The summed E-state index contributed by atoms with van der Waals surface area (Å²) in [5.41, 5.74) is 6.08. The molecule has 0 radical (unpaired) electrons. The van der Waals surface area contributed by atoms with E-state index < -0.39 is 0 Å². The summed E-state index contributed by atoms with van der Waals surface area (Å²) >= 11 is 0. The molecule has 0 aliphatic rings. The summed E-state index contributed by atoms with van der Waals surface area (Å²) in [6.07, 6.45) is 1.53. The van der Waals surface area contributed by atoms with Crippen LogP contribution in [0.1, 0.15) is 5.56 Å². The molecule has 0 aliphatic carbocycles. The molecule has 0 fully saturated rings. The molecule has 2 rings (SSSR count). The number of aliphatic imine (C=N–C) groups is 1. The molecular weight excluding hydrogens is 197 g/mol. The van der Waals surface area contributed by atoms with Crippen molar-refractivity contribution in [2.24, 2.45) is 4.99 Å². The normalized spacial score (nSPS) is 11.0. The van der Waals surface area contributed by atoms with E-state index in [1.165, 1.54) is 18.3 Å². The molecule has 0 atom stereocenters. The zero-order valence-electron chi connectivity index (χ0n) is 7.68. The van der Waals surface area contributed by atoms with Crippen molar-refractivity contribution in [3.63, 3.8) is 0 Å². The number of aromatic amines is 1. The molecule has 0 bridgehead atoms. The maximum atomic E-state index is 12.6. The van der Waals surface area contributed by atoms with Crippen LogP contribution in [-0.2, 0) is 0 Å². The Hall–Kier alpha value is -2.24. The Morgan fingerprint density at radius 1 is 1.33 bits per heavy atom. The SMILES string of the molecule is Nc1nc(N=Cc2ccc(F)cc2)n[nH]1. The molecule has 0 amide bonds. The summed E-state index contributed by atoms with van der Waals surface area (Å²) in [7, 11) is 0. The standard InChI is InChI=1S/C9H8FN5/c10-7-3-1-6(2-4-7)5-12-9-13-8(11)14-15-9/h1-5H,(H3,11,13,14,15). The van der Waals surface area contributed by atoms with Gasteiger partial charge in [-0.3, -0.25) is 0 Å². The third kappa shape index (κ3) is 2.37. The molecule has 15 heavy (non-hydrogen) atoms. The predicted octanol–water partition coefficient (Wildman–Crippen LogP) is 1.28. The monoisotopic (exact) mass is 205 g/mol. The largest absolute Gasteiger partial charge is 0.368 e. The second-order valence-electron chi connectivity index (χ2n) is 2.83. The molecule has 0 saturated carbocycles. The Balaban J connectivity index is 2.14. The number of aromatic nitrogens is 3. The Morgan fingerprint density at radius 2 is 2.07 bits per heavy atom. The smallest absolute Gasteiger partial charge is 0.269 e. The summed E-state index contributed by atoms with van der Waals surface area (Å²) < 4.78 is 12.6. The first-order chi connectivity index (χ1) is 7.24. The molecule has 0 unspecified atom stereocenters. The van der Waals surface area contributed by atoms with Gasteiger partial charge in [0.2, 0.25) is 5.95 Å². The minimum Gasteiger partial charge on any atom is -0.368 e. The first kappa shape index (κ1) is 9.32. The van der Waals surface area contributed by atoms with E-state index in [1.54, 1.807) is 12.1 Å². The van der Waals surface area contributed by atoms with Crippen molar-refractivity contribution in [1.29, 1.82) is 0 Å². The number of rotatable bonds is 2.